The Morgan fingerprint density at radius 3 is 2.64 bits per heavy atom. The van der Waals surface area contributed by atoms with Crippen LogP contribution >= 0.6 is 11.6 Å². The van der Waals surface area contributed by atoms with E-state index in [4.69, 9.17) is 16.3 Å². The highest BCUT2D eigenvalue weighted by atomic mass is 35.5. The van der Waals surface area contributed by atoms with Gasteiger partial charge in [0.15, 0.2) is 0 Å². The Hall–Kier alpha value is -1.03. The Bertz CT molecular complexity index is 305. The molecule has 0 spiro atoms. The van der Waals surface area contributed by atoms with Gasteiger partial charge < -0.3 is 9.47 Å². The Morgan fingerprint density at radius 1 is 1.43 bits per heavy atom. The second-order valence-electron chi connectivity index (χ2n) is 2.49. The van der Waals surface area contributed by atoms with E-state index in [1.807, 2.05) is 0 Å². The number of rotatable bonds is 4. The van der Waals surface area contributed by atoms with Crippen molar-refractivity contribution in [1.29, 1.82) is 0 Å². The van der Waals surface area contributed by atoms with Crippen LogP contribution in [0.25, 0.3) is 0 Å². The van der Waals surface area contributed by atoms with Crippen molar-refractivity contribution in [2.75, 3.05) is 7.11 Å². The molecule has 0 N–H and O–H groups in total. The molecule has 0 radical (unpaired) electrons. The molecule has 0 saturated carbocycles. The molecule has 14 heavy (non-hydrogen) atoms. The van der Waals surface area contributed by atoms with Gasteiger partial charge in [0.05, 0.1) is 13.0 Å². The van der Waals surface area contributed by atoms with Crippen LogP contribution in [-0.2, 0) is 5.88 Å². The first kappa shape index (κ1) is 11.0. The minimum absolute atomic E-state index is 0.0503. The van der Waals surface area contributed by atoms with Gasteiger partial charge in [-0.3, -0.25) is 0 Å². The van der Waals surface area contributed by atoms with Gasteiger partial charge in [-0.2, -0.15) is 8.78 Å². The van der Waals surface area contributed by atoms with Gasteiger partial charge in [0.25, 0.3) is 0 Å². The van der Waals surface area contributed by atoms with Crippen LogP contribution in [0.3, 0.4) is 0 Å². The van der Waals surface area contributed by atoms with Crippen molar-refractivity contribution >= 4 is 11.6 Å². The lowest BCUT2D eigenvalue weighted by Crippen LogP contribution is -2.04. The van der Waals surface area contributed by atoms with Crippen LogP contribution in [0.4, 0.5) is 8.78 Å². The first-order chi connectivity index (χ1) is 6.67. The second kappa shape index (κ2) is 5.00. The Kier molecular flexibility index (Phi) is 3.95. The molecule has 1 rings (SSSR count). The summed E-state index contributed by atoms with van der Waals surface area (Å²) in [6.45, 7) is -2.86. The van der Waals surface area contributed by atoms with Gasteiger partial charge in [-0.1, -0.05) is 6.07 Å². The van der Waals surface area contributed by atoms with Crippen molar-refractivity contribution in [3.05, 3.63) is 23.8 Å². The fourth-order valence-corrected chi connectivity index (χ4v) is 1.20. The molecule has 5 heteroatoms. The predicted octanol–water partition coefficient (Wildman–Crippen LogP) is 3.04. The number of alkyl halides is 3. The van der Waals surface area contributed by atoms with Crippen molar-refractivity contribution in [3.8, 4) is 11.5 Å². The number of hydrogen-bond acceptors (Lipinski definition) is 2. The maximum absolute atomic E-state index is 12.0. The monoisotopic (exact) mass is 222 g/mol. The summed E-state index contributed by atoms with van der Waals surface area (Å²) >= 11 is 5.55. The molecule has 0 saturated heterocycles. The normalized spacial score (nSPS) is 10.4. The summed E-state index contributed by atoms with van der Waals surface area (Å²) < 4.78 is 33.1. The predicted molar refractivity (Wildman–Crippen MR) is 49.2 cm³/mol. The maximum Gasteiger partial charge on any atom is 0.387 e. The lowest BCUT2D eigenvalue weighted by Gasteiger charge is -2.10. The molecule has 0 atom stereocenters. The lowest BCUT2D eigenvalue weighted by atomic mass is 10.2. The van der Waals surface area contributed by atoms with Gasteiger partial charge in [-0.25, -0.2) is 0 Å². The smallest absolute Gasteiger partial charge is 0.387 e. The highest BCUT2D eigenvalue weighted by molar-refractivity contribution is 6.17. The van der Waals surface area contributed by atoms with Crippen molar-refractivity contribution in [2.45, 2.75) is 12.5 Å². The molecule has 0 aliphatic carbocycles. The zero-order chi connectivity index (χ0) is 10.6. The standard InChI is InChI=1S/C9H9ClF2O2/c1-13-7-3-2-6(5-10)8(4-7)14-9(11)12/h2-4,9H,5H2,1H3. The molecule has 0 amide bonds. The van der Waals surface area contributed by atoms with E-state index in [1.165, 1.54) is 13.2 Å². The summed E-state index contributed by atoms with van der Waals surface area (Å²) in [7, 11) is 1.45. The van der Waals surface area contributed by atoms with Gasteiger partial charge in [-0.15, -0.1) is 11.6 Å². The van der Waals surface area contributed by atoms with E-state index in [0.29, 0.717) is 11.3 Å². The van der Waals surface area contributed by atoms with E-state index < -0.39 is 6.61 Å². The van der Waals surface area contributed by atoms with Gasteiger partial charge in [-0.05, 0) is 6.07 Å². The third-order valence-corrected chi connectivity index (χ3v) is 1.92. The van der Waals surface area contributed by atoms with E-state index in [-0.39, 0.29) is 11.6 Å². The topological polar surface area (TPSA) is 18.5 Å². The quantitative estimate of drug-likeness (QED) is 0.729. The fraction of sp³-hybridized carbons (Fsp3) is 0.333. The first-order valence-electron chi connectivity index (χ1n) is 3.85. The minimum atomic E-state index is -2.86. The third kappa shape index (κ3) is 2.73. The Balaban J connectivity index is 2.96. The number of methoxy groups -OCH3 is 1. The largest absolute Gasteiger partial charge is 0.497 e. The zero-order valence-corrected chi connectivity index (χ0v) is 8.22. The summed E-state index contributed by atoms with van der Waals surface area (Å²) in [6.07, 6.45) is 0. The molecular weight excluding hydrogens is 214 g/mol. The highest BCUT2D eigenvalue weighted by Crippen LogP contribution is 2.27. The summed E-state index contributed by atoms with van der Waals surface area (Å²) in [4.78, 5) is 0. The molecule has 0 unspecified atom stereocenters. The number of halogens is 3. The SMILES string of the molecule is COc1ccc(CCl)c(OC(F)F)c1. The zero-order valence-electron chi connectivity index (χ0n) is 7.47. The van der Waals surface area contributed by atoms with E-state index in [9.17, 15) is 8.78 Å². The number of hydrogen-bond donors (Lipinski definition) is 0. The molecule has 0 aliphatic rings. The first-order valence-corrected chi connectivity index (χ1v) is 4.38. The van der Waals surface area contributed by atoms with Gasteiger partial charge >= 0.3 is 6.61 Å². The summed E-state index contributed by atoms with van der Waals surface area (Å²) in [6, 6.07) is 4.60. The molecule has 0 aliphatic heterocycles. The molecule has 0 fully saturated rings. The Morgan fingerprint density at radius 2 is 2.14 bits per heavy atom. The lowest BCUT2D eigenvalue weighted by molar-refractivity contribution is -0.0504. The molecule has 2 nitrogen and oxygen atoms in total. The van der Waals surface area contributed by atoms with E-state index >= 15 is 0 Å². The van der Waals surface area contributed by atoms with E-state index in [2.05, 4.69) is 4.74 Å². The number of benzene rings is 1. The molecule has 0 bridgehead atoms. The molecular formula is C9H9ClF2O2. The van der Waals surface area contributed by atoms with Crippen LogP contribution in [0.2, 0.25) is 0 Å². The van der Waals surface area contributed by atoms with Crippen molar-refractivity contribution in [2.24, 2.45) is 0 Å². The summed E-state index contributed by atoms with van der Waals surface area (Å²) in [5, 5.41) is 0. The van der Waals surface area contributed by atoms with Crippen LogP contribution in [0, 0.1) is 0 Å². The van der Waals surface area contributed by atoms with Gasteiger partial charge in [0.2, 0.25) is 0 Å². The highest BCUT2D eigenvalue weighted by Gasteiger charge is 2.10. The average Bonchev–Trinajstić information content (AvgIpc) is 2.16. The third-order valence-electron chi connectivity index (χ3n) is 1.63. The number of ether oxygens (including phenoxy) is 2. The summed E-state index contributed by atoms with van der Waals surface area (Å²) in [5.41, 5.74) is 0.507. The minimum Gasteiger partial charge on any atom is -0.497 e. The van der Waals surface area contributed by atoms with Gasteiger partial charge in [0, 0.05) is 11.6 Å². The van der Waals surface area contributed by atoms with Crippen LogP contribution < -0.4 is 9.47 Å². The van der Waals surface area contributed by atoms with E-state index in [1.54, 1.807) is 12.1 Å². The van der Waals surface area contributed by atoms with Crippen LogP contribution in [0.1, 0.15) is 5.56 Å². The average molecular weight is 223 g/mol. The van der Waals surface area contributed by atoms with Crippen LogP contribution in [0.15, 0.2) is 18.2 Å². The molecule has 0 heterocycles. The van der Waals surface area contributed by atoms with Crippen molar-refractivity contribution in [1.82, 2.24) is 0 Å². The fourth-order valence-electron chi connectivity index (χ4n) is 0.978. The van der Waals surface area contributed by atoms with Crippen LogP contribution in [0.5, 0.6) is 11.5 Å². The van der Waals surface area contributed by atoms with Crippen molar-refractivity contribution in [3.63, 3.8) is 0 Å². The molecule has 1 aromatic rings. The molecule has 1 aromatic carbocycles. The van der Waals surface area contributed by atoms with Crippen molar-refractivity contribution < 1.29 is 18.3 Å². The molecule has 0 aromatic heterocycles. The van der Waals surface area contributed by atoms with E-state index in [0.717, 1.165) is 0 Å². The Labute approximate surface area is 85.4 Å². The summed E-state index contributed by atoms with van der Waals surface area (Å²) in [5.74, 6) is 0.621. The van der Waals surface area contributed by atoms with Crippen LogP contribution in [-0.4, -0.2) is 13.7 Å². The van der Waals surface area contributed by atoms with Gasteiger partial charge in [0.1, 0.15) is 11.5 Å². The molecule has 78 valence electrons. The maximum atomic E-state index is 12.0. The second-order valence-corrected chi connectivity index (χ2v) is 2.75.